The molecule has 4 rings (SSSR count). The van der Waals surface area contributed by atoms with Crippen LogP contribution in [0.5, 0.6) is 11.5 Å². The molecule has 0 spiro atoms. The van der Waals surface area contributed by atoms with Gasteiger partial charge < -0.3 is 19.9 Å². The number of benzene rings is 2. The third-order valence-corrected chi connectivity index (χ3v) is 7.29. The molecule has 0 aliphatic rings. The first-order valence-electron chi connectivity index (χ1n) is 10.5. The summed E-state index contributed by atoms with van der Waals surface area (Å²) in [5.74, 6) is 1.05. The Labute approximate surface area is 206 Å². The van der Waals surface area contributed by atoms with Crippen molar-refractivity contribution in [3.8, 4) is 22.2 Å². The highest BCUT2D eigenvalue weighted by Gasteiger charge is 2.16. The number of rotatable bonds is 7. The minimum Gasteiger partial charge on any atom is -0.493 e. The number of fused-ring (bicyclic) bond motifs is 1. The predicted molar refractivity (Wildman–Crippen MR) is 134 cm³/mol. The fourth-order valence-electron chi connectivity index (χ4n) is 3.31. The number of ether oxygens (including phenoxy) is 3. The maximum absolute atomic E-state index is 12.9. The molecule has 0 bridgehead atoms. The number of nitrogen functional groups attached to an aromatic ring is 1. The summed E-state index contributed by atoms with van der Waals surface area (Å²) in [5.41, 5.74) is 7.86. The van der Waals surface area contributed by atoms with Gasteiger partial charge in [-0.15, -0.1) is 15.7 Å². The molecule has 0 saturated heterocycles. The molecule has 0 fully saturated rings. The average molecular weight is 514 g/mol. The van der Waals surface area contributed by atoms with Crippen LogP contribution in [0.1, 0.15) is 12.5 Å². The van der Waals surface area contributed by atoms with Gasteiger partial charge in [0.05, 0.1) is 29.0 Å². The van der Waals surface area contributed by atoms with Gasteiger partial charge >= 0.3 is 6.09 Å². The van der Waals surface area contributed by atoms with Gasteiger partial charge in [-0.1, -0.05) is 12.1 Å². The molecule has 4 aromatic rings. The van der Waals surface area contributed by atoms with Crippen LogP contribution in [0, 0.1) is 0 Å². The third-order valence-electron chi connectivity index (χ3n) is 4.88. The van der Waals surface area contributed by atoms with Gasteiger partial charge in [0.15, 0.2) is 11.5 Å². The Bertz CT molecular complexity index is 1500. The summed E-state index contributed by atoms with van der Waals surface area (Å²) in [6, 6.07) is 10.4. The van der Waals surface area contributed by atoms with Crippen LogP contribution in [0.4, 0.5) is 10.7 Å². The van der Waals surface area contributed by atoms with Gasteiger partial charge in [-0.3, -0.25) is 0 Å². The van der Waals surface area contributed by atoms with Crippen LogP contribution in [-0.2, 0) is 21.1 Å². The summed E-state index contributed by atoms with van der Waals surface area (Å²) in [6.45, 7) is 1.95. The normalized spacial score (nSPS) is 12.7. The smallest absolute Gasteiger partial charge is 0.442 e. The molecule has 1 unspecified atom stereocenters. The van der Waals surface area contributed by atoms with Gasteiger partial charge in [0.2, 0.25) is 5.95 Å². The highest BCUT2D eigenvalue weighted by atomic mass is 32.2. The molecule has 35 heavy (non-hydrogen) atoms. The van der Waals surface area contributed by atoms with Gasteiger partial charge in [-0.05, 0) is 30.7 Å². The lowest BCUT2D eigenvalue weighted by Crippen LogP contribution is -2.06. The van der Waals surface area contributed by atoms with E-state index < -0.39 is 15.8 Å². The van der Waals surface area contributed by atoms with E-state index in [9.17, 15) is 9.00 Å². The first-order chi connectivity index (χ1) is 16.8. The van der Waals surface area contributed by atoms with Crippen LogP contribution >= 0.6 is 11.3 Å². The molecule has 2 aromatic heterocycles. The lowest BCUT2D eigenvalue weighted by molar-refractivity contribution is 0.164. The highest BCUT2D eigenvalue weighted by molar-refractivity contribution is 7.93. The molecule has 10 nitrogen and oxygen atoms in total. The Kier molecular flexibility index (Phi) is 7.12. The number of nitrogens with two attached hydrogens (primary N) is 1. The molecule has 2 aromatic carbocycles. The van der Waals surface area contributed by atoms with Gasteiger partial charge in [0, 0.05) is 34.2 Å². The highest BCUT2D eigenvalue weighted by Crippen LogP contribution is 2.37. The van der Waals surface area contributed by atoms with E-state index in [0.717, 1.165) is 10.9 Å². The molecular formula is C23H23N5O5S2. The molecule has 1 amide bonds. The molecule has 182 valence electrons. The van der Waals surface area contributed by atoms with Crippen molar-refractivity contribution >= 4 is 44.0 Å². The summed E-state index contributed by atoms with van der Waals surface area (Å²) in [4.78, 5) is 25.1. The number of hydrogen-bond donors (Lipinski definition) is 1. The molecule has 12 heteroatoms. The van der Waals surface area contributed by atoms with Crippen molar-refractivity contribution in [2.75, 3.05) is 25.7 Å². The molecule has 2 N–H and O–H groups in total. The van der Waals surface area contributed by atoms with Crippen molar-refractivity contribution in [3.05, 3.63) is 53.5 Å². The van der Waals surface area contributed by atoms with E-state index in [1.54, 1.807) is 50.6 Å². The second-order valence-corrected chi connectivity index (χ2v) is 10.5. The van der Waals surface area contributed by atoms with Gasteiger partial charge in [0.1, 0.15) is 17.3 Å². The lowest BCUT2D eigenvalue weighted by atomic mass is 10.1. The Morgan fingerprint density at radius 1 is 1.20 bits per heavy atom. The minimum absolute atomic E-state index is 0.120. The monoisotopic (exact) mass is 513 g/mol. The fourth-order valence-corrected chi connectivity index (χ4v) is 5.09. The van der Waals surface area contributed by atoms with Gasteiger partial charge in [-0.25, -0.2) is 24.0 Å². The number of carbonyl (C=O) groups excluding carboxylic acids is 1. The van der Waals surface area contributed by atoms with Crippen LogP contribution in [0.2, 0.25) is 0 Å². The maximum atomic E-state index is 12.9. The van der Waals surface area contributed by atoms with E-state index >= 15 is 0 Å². The zero-order valence-electron chi connectivity index (χ0n) is 19.3. The number of thiazole rings is 1. The van der Waals surface area contributed by atoms with Crippen molar-refractivity contribution in [1.82, 2.24) is 15.0 Å². The topological polar surface area (TPSA) is 139 Å². The number of nitrogens with zero attached hydrogens (tertiary/aromatic N) is 4. The summed E-state index contributed by atoms with van der Waals surface area (Å²) >= 11 is 1.45. The zero-order chi connectivity index (χ0) is 25.0. The van der Waals surface area contributed by atoms with E-state index in [2.05, 4.69) is 19.3 Å². The van der Waals surface area contributed by atoms with E-state index in [-0.39, 0.29) is 19.2 Å². The third kappa shape index (κ3) is 5.49. The number of hydrogen-bond acceptors (Lipinski definition) is 10. The fraction of sp³-hybridized carbons (Fsp3) is 0.217. The van der Waals surface area contributed by atoms with E-state index in [0.29, 0.717) is 32.6 Å². The summed E-state index contributed by atoms with van der Waals surface area (Å²) in [7, 11) is -1.43. The quantitative estimate of drug-likeness (QED) is 0.377. The molecule has 0 radical (unpaired) electrons. The molecule has 0 saturated carbocycles. The van der Waals surface area contributed by atoms with E-state index in [1.807, 2.05) is 11.4 Å². The maximum Gasteiger partial charge on any atom is 0.442 e. The number of aromatic nitrogens is 3. The first kappa shape index (κ1) is 24.4. The molecule has 1 atom stereocenters. The molecule has 2 heterocycles. The van der Waals surface area contributed by atoms with Crippen molar-refractivity contribution in [3.63, 3.8) is 0 Å². The second-order valence-electron chi connectivity index (χ2n) is 7.32. The van der Waals surface area contributed by atoms with Crippen LogP contribution in [0.3, 0.4) is 0 Å². The lowest BCUT2D eigenvalue weighted by Gasteiger charge is -2.14. The Morgan fingerprint density at radius 2 is 2.03 bits per heavy atom. The minimum atomic E-state index is -2.98. The Hall–Kier alpha value is -3.77. The second kappa shape index (κ2) is 10.2. The SMILES string of the molecule is CCOC(=O)N=S(C)(=O)c1cccc(COc2cc3nc(N)nc(-c4nccs4)c3cc2OC)c1. The Morgan fingerprint density at radius 3 is 2.74 bits per heavy atom. The van der Waals surface area contributed by atoms with Crippen LogP contribution in [-0.4, -0.2) is 45.2 Å². The molecular weight excluding hydrogens is 490 g/mol. The number of amides is 1. The average Bonchev–Trinajstić information content (AvgIpc) is 3.36. The Balaban J connectivity index is 1.64. The molecule has 0 aliphatic heterocycles. The van der Waals surface area contributed by atoms with Crippen molar-refractivity contribution in [2.45, 2.75) is 18.4 Å². The number of methoxy groups -OCH3 is 1. The van der Waals surface area contributed by atoms with Crippen molar-refractivity contribution < 1.29 is 23.2 Å². The van der Waals surface area contributed by atoms with Crippen molar-refractivity contribution in [1.29, 1.82) is 0 Å². The van der Waals surface area contributed by atoms with Gasteiger partial charge in [0.25, 0.3) is 0 Å². The first-order valence-corrected chi connectivity index (χ1v) is 13.3. The number of carbonyl (C=O) groups is 1. The largest absolute Gasteiger partial charge is 0.493 e. The van der Waals surface area contributed by atoms with Gasteiger partial charge in [-0.2, -0.15) is 0 Å². The summed E-state index contributed by atoms with van der Waals surface area (Å²) in [5, 5.41) is 3.30. The standard InChI is InChI=1S/C23H23N5O5S2/c1-4-32-23(29)28-35(3,30)15-7-5-6-14(10-15)13-33-19-12-17-16(11-18(19)31-2)20(27-22(24)26-17)21-25-8-9-34-21/h5-12H,4,13H2,1-3H3,(H2,24,26,27). The van der Waals surface area contributed by atoms with E-state index in [1.165, 1.54) is 17.6 Å². The van der Waals surface area contributed by atoms with E-state index in [4.69, 9.17) is 19.9 Å². The predicted octanol–water partition coefficient (Wildman–Crippen LogP) is 4.54. The molecule has 0 aliphatic carbocycles. The zero-order valence-corrected chi connectivity index (χ0v) is 20.9. The van der Waals surface area contributed by atoms with Crippen molar-refractivity contribution in [2.24, 2.45) is 4.36 Å². The van der Waals surface area contributed by atoms with Crippen LogP contribution < -0.4 is 15.2 Å². The van der Waals surface area contributed by atoms with Crippen LogP contribution in [0.15, 0.2) is 57.2 Å². The summed E-state index contributed by atoms with van der Waals surface area (Å²) < 4.78 is 33.0. The summed E-state index contributed by atoms with van der Waals surface area (Å²) in [6.07, 6.45) is 2.23. The van der Waals surface area contributed by atoms with Crippen LogP contribution in [0.25, 0.3) is 21.6 Å². The number of anilines is 1.